The molecular weight excluding hydrogens is 781 g/mol. The Kier molecular flexibility index (Phi) is 49.8. The predicted octanol–water partition coefficient (Wildman–Crippen LogP) is 17.9. The third kappa shape index (κ3) is 50.2. The summed E-state index contributed by atoms with van der Waals surface area (Å²) >= 11 is 0. The van der Waals surface area contributed by atoms with Gasteiger partial charge in [-0.2, -0.15) is 0 Å². The molecule has 0 aromatic heterocycles. The van der Waals surface area contributed by atoms with Gasteiger partial charge in [0, 0.05) is 19.3 Å². The topological polar surface area (TPSA) is 78.9 Å². The highest BCUT2D eigenvalue weighted by Gasteiger charge is 2.19. The second-order valence-electron chi connectivity index (χ2n) is 18.1. The van der Waals surface area contributed by atoms with E-state index >= 15 is 0 Å². The van der Waals surface area contributed by atoms with E-state index in [1.165, 1.54) is 141 Å². The van der Waals surface area contributed by atoms with E-state index in [9.17, 15) is 14.4 Å². The molecule has 0 spiro atoms. The molecule has 6 nitrogen and oxygen atoms in total. The van der Waals surface area contributed by atoms with E-state index in [4.69, 9.17) is 14.2 Å². The second-order valence-corrected chi connectivity index (χ2v) is 18.1. The number of ether oxygens (including phenoxy) is 3. The van der Waals surface area contributed by atoms with Gasteiger partial charge in [-0.3, -0.25) is 14.4 Å². The minimum absolute atomic E-state index is 0.0770. The van der Waals surface area contributed by atoms with Gasteiger partial charge in [0.2, 0.25) is 0 Å². The molecule has 0 saturated carbocycles. The molecule has 0 aromatic carbocycles. The molecule has 0 fully saturated rings. The van der Waals surface area contributed by atoms with Crippen LogP contribution in [0.25, 0.3) is 0 Å². The zero-order chi connectivity index (χ0) is 45.8. The van der Waals surface area contributed by atoms with Gasteiger partial charge in [0.1, 0.15) is 13.2 Å². The molecule has 0 saturated heterocycles. The van der Waals surface area contributed by atoms with E-state index in [-0.39, 0.29) is 31.1 Å². The summed E-state index contributed by atoms with van der Waals surface area (Å²) in [6.45, 7) is 6.53. The molecule has 1 atom stereocenters. The maximum atomic E-state index is 12.8. The number of carbonyl (C=O) groups is 3. The Balaban J connectivity index is 4.34. The average molecular weight is 883 g/mol. The van der Waals surface area contributed by atoms with Gasteiger partial charge in [-0.1, -0.05) is 249 Å². The molecule has 0 unspecified atom stereocenters. The van der Waals surface area contributed by atoms with Crippen LogP contribution in [0.4, 0.5) is 0 Å². The molecule has 0 radical (unpaired) electrons. The van der Waals surface area contributed by atoms with Crippen molar-refractivity contribution in [2.75, 3.05) is 13.2 Å². The number of carbonyl (C=O) groups excluding carboxylic acids is 3. The molecule has 0 heterocycles. The number of esters is 3. The summed E-state index contributed by atoms with van der Waals surface area (Å²) in [4.78, 5) is 38.0. The highest BCUT2D eigenvalue weighted by molar-refractivity contribution is 5.71. The summed E-state index contributed by atoms with van der Waals surface area (Å²) in [6, 6.07) is 0. The van der Waals surface area contributed by atoms with Gasteiger partial charge >= 0.3 is 17.9 Å². The Morgan fingerprint density at radius 3 is 0.968 bits per heavy atom. The van der Waals surface area contributed by atoms with Crippen LogP contribution >= 0.6 is 0 Å². The summed E-state index contributed by atoms with van der Waals surface area (Å²) < 4.78 is 16.8. The van der Waals surface area contributed by atoms with Crippen molar-refractivity contribution in [3.05, 3.63) is 48.6 Å². The lowest BCUT2D eigenvalue weighted by atomic mass is 10.0. The number of hydrogen-bond donors (Lipinski definition) is 0. The fourth-order valence-corrected chi connectivity index (χ4v) is 7.79. The van der Waals surface area contributed by atoms with Crippen LogP contribution in [0.2, 0.25) is 0 Å². The molecule has 6 heteroatoms. The molecule has 0 rings (SSSR count). The van der Waals surface area contributed by atoms with Crippen molar-refractivity contribution >= 4 is 17.9 Å². The SMILES string of the molecule is CC/C=C\C/C=C\C/C=C\C/C=C\CCCCCCC(=O)OC[C@H](COC(=O)CCCCCCCCCCCCCCCCCCC)OC(=O)CCCCCCCCCCCCC. The lowest BCUT2D eigenvalue weighted by molar-refractivity contribution is -0.167. The standard InChI is InChI=1S/C57H102O6/c1-4-7-10-13-16-19-22-24-26-28-30-32-35-37-40-43-46-49-55(58)61-52-54(63-57(60)51-48-45-42-39-34-21-18-15-12-9-6-3)53-62-56(59)50-47-44-41-38-36-33-31-29-27-25-23-20-17-14-11-8-5-2/h7,10,16,19,24,26,30,32,54H,4-6,8-9,11-15,17-18,20-23,25,27-29,31,33-53H2,1-3H3/b10-7-,19-16-,26-24-,32-30-/t54-/m1/s1. The lowest BCUT2D eigenvalue weighted by Crippen LogP contribution is -2.30. The summed E-state index contributed by atoms with van der Waals surface area (Å²) in [7, 11) is 0. The minimum Gasteiger partial charge on any atom is -0.462 e. The number of hydrogen-bond acceptors (Lipinski definition) is 6. The van der Waals surface area contributed by atoms with E-state index in [0.717, 1.165) is 96.3 Å². The Bertz CT molecular complexity index is 1110. The molecule has 63 heavy (non-hydrogen) atoms. The van der Waals surface area contributed by atoms with Crippen molar-refractivity contribution in [1.29, 1.82) is 0 Å². The molecule has 0 aromatic rings. The van der Waals surface area contributed by atoms with Gasteiger partial charge < -0.3 is 14.2 Å². The lowest BCUT2D eigenvalue weighted by Gasteiger charge is -2.18. The van der Waals surface area contributed by atoms with E-state index in [1.54, 1.807) is 0 Å². The highest BCUT2D eigenvalue weighted by Crippen LogP contribution is 2.16. The van der Waals surface area contributed by atoms with Gasteiger partial charge in [-0.15, -0.1) is 0 Å². The zero-order valence-electron chi connectivity index (χ0n) is 41.8. The average Bonchev–Trinajstić information content (AvgIpc) is 3.28. The van der Waals surface area contributed by atoms with Gasteiger partial charge in [-0.25, -0.2) is 0 Å². The van der Waals surface area contributed by atoms with Crippen molar-refractivity contribution in [3.63, 3.8) is 0 Å². The third-order valence-electron chi connectivity index (χ3n) is 11.8. The zero-order valence-corrected chi connectivity index (χ0v) is 41.8. The summed E-state index contributed by atoms with van der Waals surface area (Å²) in [5, 5.41) is 0. The molecule has 0 bridgehead atoms. The van der Waals surface area contributed by atoms with Crippen molar-refractivity contribution in [1.82, 2.24) is 0 Å². The number of unbranched alkanes of at least 4 members (excludes halogenated alkanes) is 30. The van der Waals surface area contributed by atoms with Crippen molar-refractivity contribution < 1.29 is 28.6 Å². The summed E-state index contributed by atoms with van der Waals surface area (Å²) in [5.41, 5.74) is 0. The Morgan fingerprint density at radius 1 is 0.333 bits per heavy atom. The summed E-state index contributed by atoms with van der Waals surface area (Å²) in [6.07, 6.45) is 62.4. The normalized spacial score (nSPS) is 12.4. The van der Waals surface area contributed by atoms with E-state index in [2.05, 4.69) is 69.4 Å². The van der Waals surface area contributed by atoms with Gasteiger partial charge in [0.05, 0.1) is 0 Å². The number of allylic oxidation sites excluding steroid dienone is 8. The smallest absolute Gasteiger partial charge is 0.306 e. The minimum atomic E-state index is -0.778. The maximum absolute atomic E-state index is 12.8. The second kappa shape index (κ2) is 52.0. The maximum Gasteiger partial charge on any atom is 0.306 e. The van der Waals surface area contributed by atoms with Crippen LogP contribution in [-0.4, -0.2) is 37.2 Å². The Hall–Kier alpha value is -2.63. The van der Waals surface area contributed by atoms with Crippen molar-refractivity contribution in [3.8, 4) is 0 Å². The van der Waals surface area contributed by atoms with Gasteiger partial charge in [0.25, 0.3) is 0 Å². The third-order valence-corrected chi connectivity index (χ3v) is 11.8. The van der Waals surface area contributed by atoms with Crippen molar-refractivity contribution in [2.24, 2.45) is 0 Å². The van der Waals surface area contributed by atoms with Crippen LogP contribution in [0.1, 0.15) is 278 Å². The van der Waals surface area contributed by atoms with Crippen molar-refractivity contribution in [2.45, 2.75) is 284 Å². The molecule has 0 aliphatic carbocycles. The molecule has 366 valence electrons. The highest BCUT2D eigenvalue weighted by atomic mass is 16.6. The van der Waals surface area contributed by atoms with Crippen LogP contribution in [0.15, 0.2) is 48.6 Å². The van der Waals surface area contributed by atoms with Crippen LogP contribution in [0.5, 0.6) is 0 Å². The van der Waals surface area contributed by atoms with E-state index in [0.29, 0.717) is 19.3 Å². The molecule has 0 amide bonds. The van der Waals surface area contributed by atoms with E-state index < -0.39 is 6.10 Å². The molecule has 0 aliphatic rings. The quantitative estimate of drug-likeness (QED) is 0.0262. The predicted molar refractivity (Wildman–Crippen MR) is 270 cm³/mol. The van der Waals surface area contributed by atoms with Gasteiger partial charge in [0.15, 0.2) is 6.10 Å². The van der Waals surface area contributed by atoms with E-state index in [1.807, 2.05) is 0 Å². The summed E-state index contributed by atoms with van der Waals surface area (Å²) in [5.74, 6) is -0.890. The molecule has 0 N–H and O–H groups in total. The van der Waals surface area contributed by atoms with Crippen LogP contribution < -0.4 is 0 Å². The first kappa shape index (κ1) is 60.4. The number of rotatable bonds is 49. The first-order valence-corrected chi connectivity index (χ1v) is 27.1. The van der Waals surface area contributed by atoms with Crippen LogP contribution in [0.3, 0.4) is 0 Å². The van der Waals surface area contributed by atoms with Crippen LogP contribution in [-0.2, 0) is 28.6 Å². The first-order valence-electron chi connectivity index (χ1n) is 27.1. The molecular formula is C57H102O6. The largest absolute Gasteiger partial charge is 0.462 e. The molecule has 0 aliphatic heterocycles. The fraction of sp³-hybridized carbons (Fsp3) is 0.807. The Labute approximate surface area is 390 Å². The Morgan fingerprint density at radius 2 is 0.619 bits per heavy atom. The fourth-order valence-electron chi connectivity index (χ4n) is 7.79. The first-order chi connectivity index (χ1) is 31.0. The van der Waals surface area contributed by atoms with Gasteiger partial charge in [-0.05, 0) is 57.8 Å². The van der Waals surface area contributed by atoms with Crippen LogP contribution in [0, 0.1) is 0 Å². The monoisotopic (exact) mass is 883 g/mol.